The van der Waals surface area contributed by atoms with Crippen LogP contribution >= 0.6 is 24.0 Å². The van der Waals surface area contributed by atoms with Crippen LogP contribution in [0, 0.1) is 0 Å². The zero-order valence-electron chi connectivity index (χ0n) is 17.4. The maximum atomic E-state index is 5.94. The van der Waals surface area contributed by atoms with E-state index in [0.29, 0.717) is 12.6 Å². The van der Waals surface area contributed by atoms with E-state index in [1.54, 1.807) is 12.4 Å². The molecule has 8 nitrogen and oxygen atoms in total. The Morgan fingerprint density at radius 2 is 1.83 bits per heavy atom. The maximum absolute atomic E-state index is 5.94. The first kappa shape index (κ1) is 22.5. The number of halogens is 1. The van der Waals surface area contributed by atoms with Gasteiger partial charge in [-0.25, -0.2) is 15.0 Å². The van der Waals surface area contributed by atoms with Crippen molar-refractivity contribution in [2.45, 2.75) is 38.3 Å². The molecule has 0 spiro atoms. The van der Waals surface area contributed by atoms with Crippen molar-refractivity contribution in [3.05, 3.63) is 42.4 Å². The highest BCUT2D eigenvalue weighted by molar-refractivity contribution is 14.0. The molecule has 3 heterocycles. The van der Waals surface area contributed by atoms with Gasteiger partial charge in [0, 0.05) is 64.4 Å². The smallest absolute Gasteiger partial charge is 0.225 e. The summed E-state index contributed by atoms with van der Waals surface area (Å²) in [6.45, 7) is 4.19. The molecule has 1 aliphatic carbocycles. The van der Waals surface area contributed by atoms with E-state index in [1.807, 2.05) is 25.4 Å². The zero-order chi connectivity index (χ0) is 19.9. The summed E-state index contributed by atoms with van der Waals surface area (Å²) in [6, 6.07) is 5.88. The van der Waals surface area contributed by atoms with E-state index in [9.17, 15) is 0 Å². The van der Waals surface area contributed by atoms with Gasteiger partial charge in [0.05, 0.1) is 0 Å². The Hall–Kier alpha value is -2.17. The Balaban J connectivity index is 0.00000256. The van der Waals surface area contributed by atoms with Gasteiger partial charge in [-0.2, -0.15) is 0 Å². The van der Waals surface area contributed by atoms with E-state index in [-0.39, 0.29) is 24.0 Å². The van der Waals surface area contributed by atoms with Crippen molar-refractivity contribution >= 4 is 35.9 Å². The molecule has 2 aromatic heterocycles. The quantitative estimate of drug-likeness (QED) is 0.367. The van der Waals surface area contributed by atoms with Crippen LogP contribution in [-0.4, -0.2) is 65.1 Å². The van der Waals surface area contributed by atoms with Gasteiger partial charge in [-0.3, -0.25) is 4.99 Å². The van der Waals surface area contributed by atoms with E-state index < -0.39 is 0 Å². The summed E-state index contributed by atoms with van der Waals surface area (Å²) in [5, 5.41) is 3.45. The Morgan fingerprint density at radius 3 is 2.47 bits per heavy atom. The van der Waals surface area contributed by atoms with Gasteiger partial charge in [0.1, 0.15) is 6.10 Å². The number of aliphatic imine (C=N–C) groups is 1. The molecule has 1 aliphatic heterocycles. The fourth-order valence-electron chi connectivity index (χ4n) is 3.85. The first-order valence-electron chi connectivity index (χ1n) is 10.4. The zero-order valence-corrected chi connectivity index (χ0v) is 19.7. The van der Waals surface area contributed by atoms with Crippen molar-refractivity contribution in [3.63, 3.8) is 0 Å². The van der Waals surface area contributed by atoms with Crippen molar-refractivity contribution in [3.8, 4) is 5.88 Å². The molecule has 0 radical (unpaired) electrons. The third kappa shape index (κ3) is 5.93. The lowest BCUT2D eigenvalue weighted by Crippen LogP contribution is -2.52. The largest absolute Gasteiger partial charge is 0.474 e. The van der Waals surface area contributed by atoms with Crippen LogP contribution < -0.4 is 15.0 Å². The van der Waals surface area contributed by atoms with Gasteiger partial charge >= 0.3 is 0 Å². The molecule has 0 aromatic carbocycles. The number of nitrogens with one attached hydrogen (secondary N) is 1. The van der Waals surface area contributed by atoms with Gasteiger partial charge in [-0.15, -0.1) is 24.0 Å². The minimum Gasteiger partial charge on any atom is -0.474 e. The SMILES string of the molecule is CN=C(NCc1ccc(OC2CCCC2)nc1)N1CCN(c2ncccn2)CC1.I. The third-order valence-corrected chi connectivity index (χ3v) is 5.46. The molecule has 4 rings (SSSR count). The van der Waals surface area contributed by atoms with Gasteiger partial charge in [0.2, 0.25) is 11.8 Å². The van der Waals surface area contributed by atoms with Crippen LogP contribution in [0.4, 0.5) is 5.95 Å². The number of ether oxygens (including phenoxy) is 1. The van der Waals surface area contributed by atoms with Crippen LogP contribution in [0.15, 0.2) is 41.8 Å². The van der Waals surface area contributed by atoms with Gasteiger partial charge in [0.25, 0.3) is 0 Å². The lowest BCUT2D eigenvalue weighted by atomic mass is 10.2. The topological polar surface area (TPSA) is 78.8 Å². The fourth-order valence-corrected chi connectivity index (χ4v) is 3.85. The molecule has 1 saturated heterocycles. The average molecular weight is 523 g/mol. The van der Waals surface area contributed by atoms with Crippen molar-refractivity contribution in [2.24, 2.45) is 4.99 Å². The monoisotopic (exact) mass is 523 g/mol. The number of nitrogens with zero attached hydrogens (tertiary/aromatic N) is 6. The molecule has 30 heavy (non-hydrogen) atoms. The minimum atomic E-state index is 0. The molecule has 0 unspecified atom stereocenters. The fraction of sp³-hybridized carbons (Fsp3) is 0.524. The molecule has 0 bridgehead atoms. The number of aromatic nitrogens is 3. The minimum absolute atomic E-state index is 0. The van der Waals surface area contributed by atoms with E-state index in [1.165, 1.54) is 12.8 Å². The van der Waals surface area contributed by atoms with Crippen molar-refractivity contribution < 1.29 is 4.74 Å². The van der Waals surface area contributed by atoms with Crippen LogP contribution in [0.5, 0.6) is 5.88 Å². The highest BCUT2D eigenvalue weighted by Crippen LogP contribution is 2.22. The predicted octanol–water partition coefficient (Wildman–Crippen LogP) is 2.71. The molecule has 162 valence electrons. The third-order valence-electron chi connectivity index (χ3n) is 5.46. The number of hydrogen-bond acceptors (Lipinski definition) is 6. The van der Waals surface area contributed by atoms with E-state index in [0.717, 1.165) is 62.4 Å². The molecular formula is C21H30IN7O. The van der Waals surface area contributed by atoms with Gasteiger partial charge in [-0.05, 0) is 37.3 Å². The summed E-state index contributed by atoms with van der Waals surface area (Å²) < 4.78 is 5.94. The highest BCUT2D eigenvalue weighted by atomic mass is 127. The molecule has 2 aromatic rings. The van der Waals surface area contributed by atoms with Crippen LogP contribution in [0.1, 0.15) is 31.2 Å². The van der Waals surface area contributed by atoms with Crippen LogP contribution in [0.25, 0.3) is 0 Å². The maximum Gasteiger partial charge on any atom is 0.225 e. The predicted molar refractivity (Wildman–Crippen MR) is 129 cm³/mol. The number of rotatable bonds is 5. The van der Waals surface area contributed by atoms with E-state index >= 15 is 0 Å². The van der Waals surface area contributed by atoms with Crippen LogP contribution in [0.3, 0.4) is 0 Å². The molecule has 0 atom stereocenters. The van der Waals surface area contributed by atoms with Crippen molar-refractivity contribution in [2.75, 3.05) is 38.1 Å². The highest BCUT2D eigenvalue weighted by Gasteiger charge is 2.21. The number of pyridine rings is 1. The molecular weight excluding hydrogens is 493 g/mol. The first-order valence-corrected chi connectivity index (χ1v) is 10.4. The van der Waals surface area contributed by atoms with Crippen LogP contribution in [-0.2, 0) is 6.54 Å². The molecule has 2 fully saturated rings. The summed E-state index contributed by atoms with van der Waals surface area (Å²) in [5.41, 5.74) is 1.11. The number of piperazine rings is 1. The summed E-state index contributed by atoms with van der Waals surface area (Å²) in [6.07, 6.45) is 10.6. The summed E-state index contributed by atoms with van der Waals surface area (Å²) >= 11 is 0. The first-order chi connectivity index (χ1) is 14.3. The molecule has 1 saturated carbocycles. The van der Waals surface area contributed by atoms with Crippen molar-refractivity contribution in [1.82, 2.24) is 25.2 Å². The summed E-state index contributed by atoms with van der Waals surface area (Å²) in [5.74, 6) is 2.43. The number of guanidine groups is 1. The second kappa shape index (κ2) is 11.3. The normalized spacial score (nSPS) is 17.6. The Morgan fingerprint density at radius 1 is 1.10 bits per heavy atom. The van der Waals surface area contributed by atoms with Gasteiger partial charge < -0.3 is 19.9 Å². The molecule has 1 N–H and O–H groups in total. The van der Waals surface area contributed by atoms with Crippen LogP contribution in [0.2, 0.25) is 0 Å². The second-order valence-electron chi connectivity index (χ2n) is 7.45. The standard InChI is InChI=1S/C21H29N7O.HI/c1-22-20(27-11-13-28(14-12-27)21-23-9-4-10-24-21)26-16-17-7-8-19(25-15-17)29-18-5-2-3-6-18;/h4,7-10,15,18H,2-3,5-6,11-14,16H2,1H3,(H,22,26);1H. The Labute approximate surface area is 195 Å². The van der Waals surface area contributed by atoms with Gasteiger partial charge in [-0.1, -0.05) is 6.07 Å². The Bertz CT molecular complexity index is 789. The second-order valence-corrected chi connectivity index (χ2v) is 7.45. The van der Waals surface area contributed by atoms with Gasteiger partial charge in [0.15, 0.2) is 5.96 Å². The number of anilines is 1. The molecule has 9 heteroatoms. The molecule has 0 amide bonds. The lowest BCUT2D eigenvalue weighted by Gasteiger charge is -2.36. The lowest BCUT2D eigenvalue weighted by molar-refractivity contribution is 0.201. The van der Waals surface area contributed by atoms with E-state index in [4.69, 9.17) is 4.74 Å². The average Bonchev–Trinajstić information content (AvgIpc) is 3.29. The van der Waals surface area contributed by atoms with Crippen molar-refractivity contribution in [1.29, 1.82) is 0 Å². The summed E-state index contributed by atoms with van der Waals surface area (Å²) in [7, 11) is 1.83. The molecule has 2 aliphatic rings. The summed E-state index contributed by atoms with van der Waals surface area (Å²) in [4.78, 5) is 22.1. The Kier molecular flexibility index (Phi) is 8.47. The number of hydrogen-bond donors (Lipinski definition) is 1. The van der Waals surface area contributed by atoms with E-state index in [2.05, 4.69) is 41.1 Å².